The topological polar surface area (TPSA) is 34.1 Å². The molecule has 2 aromatic rings. The Balaban J connectivity index is 1.56. The van der Waals surface area contributed by atoms with Crippen LogP contribution < -0.4 is 5.32 Å². The summed E-state index contributed by atoms with van der Waals surface area (Å²) in [6.45, 7) is 3.89. The first kappa shape index (κ1) is 12.6. The van der Waals surface area contributed by atoms with E-state index in [1.165, 1.54) is 29.2 Å². The highest BCUT2D eigenvalue weighted by Crippen LogP contribution is 2.16. The van der Waals surface area contributed by atoms with E-state index in [1.54, 1.807) is 0 Å². The largest absolute Gasteiger partial charge is 0.381 e. The summed E-state index contributed by atoms with van der Waals surface area (Å²) in [4.78, 5) is 4.14. The zero-order valence-corrected chi connectivity index (χ0v) is 11.1. The van der Waals surface area contributed by atoms with Gasteiger partial charge in [0.2, 0.25) is 0 Å². The molecule has 0 spiro atoms. The van der Waals surface area contributed by atoms with Gasteiger partial charge in [-0.25, -0.2) is 0 Å². The Bertz CT molecular complexity index is 535. The smallest absolute Gasteiger partial charge is 0.0469 e. The van der Waals surface area contributed by atoms with Gasteiger partial charge in [0.25, 0.3) is 0 Å². The van der Waals surface area contributed by atoms with Gasteiger partial charge < -0.3 is 10.1 Å². The molecule has 100 valence electrons. The van der Waals surface area contributed by atoms with Gasteiger partial charge in [-0.3, -0.25) is 4.98 Å². The van der Waals surface area contributed by atoms with Gasteiger partial charge in [0, 0.05) is 37.5 Å². The van der Waals surface area contributed by atoms with E-state index in [2.05, 4.69) is 34.6 Å². The Kier molecular flexibility index (Phi) is 4.06. The molecule has 3 nitrogen and oxygen atoms in total. The van der Waals surface area contributed by atoms with Crippen LogP contribution in [0.2, 0.25) is 0 Å². The minimum atomic E-state index is 0.776. The number of hydrogen-bond donors (Lipinski definition) is 1. The van der Waals surface area contributed by atoms with Gasteiger partial charge in [-0.2, -0.15) is 0 Å². The molecule has 0 radical (unpaired) electrons. The second kappa shape index (κ2) is 6.13. The Morgan fingerprint density at radius 1 is 1.16 bits per heavy atom. The molecule has 19 heavy (non-hydrogen) atoms. The second-order valence-electron chi connectivity index (χ2n) is 5.24. The highest BCUT2D eigenvalue weighted by atomic mass is 16.5. The van der Waals surface area contributed by atoms with E-state index in [4.69, 9.17) is 4.74 Å². The average molecular weight is 256 g/mol. The maximum Gasteiger partial charge on any atom is 0.0469 e. The number of benzene rings is 1. The Morgan fingerprint density at radius 3 is 2.95 bits per heavy atom. The second-order valence-corrected chi connectivity index (χ2v) is 5.24. The molecule has 1 saturated heterocycles. The molecule has 0 amide bonds. The van der Waals surface area contributed by atoms with Crippen molar-refractivity contribution in [2.45, 2.75) is 19.4 Å². The minimum absolute atomic E-state index is 0.776. The van der Waals surface area contributed by atoms with Crippen LogP contribution in [0.25, 0.3) is 10.8 Å². The predicted molar refractivity (Wildman–Crippen MR) is 77.0 cm³/mol. The first-order valence-corrected chi connectivity index (χ1v) is 7.03. The Hall–Kier alpha value is -1.45. The number of hydrogen-bond acceptors (Lipinski definition) is 3. The summed E-state index contributed by atoms with van der Waals surface area (Å²) < 4.78 is 5.38. The van der Waals surface area contributed by atoms with Crippen LogP contribution in [0.15, 0.2) is 36.7 Å². The number of aromatic nitrogens is 1. The molecule has 2 heterocycles. The van der Waals surface area contributed by atoms with Crippen LogP contribution >= 0.6 is 0 Å². The first-order valence-electron chi connectivity index (χ1n) is 7.03. The maximum atomic E-state index is 5.38. The monoisotopic (exact) mass is 256 g/mol. The number of nitrogens with one attached hydrogen (secondary N) is 1. The van der Waals surface area contributed by atoms with Crippen LogP contribution in [0, 0.1) is 5.92 Å². The third kappa shape index (κ3) is 3.31. The maximum absolute atomic E-state index is 5.38. The van der Waals surface area contributed by atoms with Crippen molar-refractivity contribution in [3.63, 3.8) is 0 Å². The van der Waals surface area contributed by atoms with Gasteiger partial charge >= 0.3 is 0 Å². The molecule has 1 aliphatic heterocycles. The molecule has 0 atom stereocenters. The zero-order valence-electron chi connectivity index (χ0n) is 11.1. The van der Waals surface area contributed by atoms with E-state index in [0.717, 1.165) is 32.2 Å². The number of fused-ring (bicyclic) bond motifs is 1. The standard InChI is InChI=1S/C16H20N2O/c1-2-16-12-17-6-3-15(16)9-14(1)11-18-10-13-4-7-19-8-5-13/h1-3,6,9,12-13,18H,4-5,7-8,10-11H2. The summed E-state index contributed by atoms with van der Waals surface area (Å²) in [5.74, 6) is 0.776. The number of pyridine rings is 1. The van der Waals surface area contributed by atoms with Gasteiger partial charge in [0.15, 0.2) is 0 Å². The van der Waals surface area contributed by atoms with Crippen molar-refractivity contribution >= 4 is 10.8 Å². The third-order valence-electron chi connectivity index (χ3n) is 3.81. The summed E-state index contributed by atoms with van der Waals surface area (Å²) in [6.07, 6.45) is 6.14. The van der Waals surface area contributed by atoms with Crippen molar-refractivity contribution in [3.8, 4) is 0 Å². The van der Waals surface area contributed by atoms with E-state index in [0.29, 0.717) is 0 Å². The number of rotatable bonds is 4. The van der Waals surface area contributed by atoms with Gasteiger partial charge in [0.05, 0.1) is 0 Å². The van der Waals surface area contributed by atoms with E-state index in [1.807, 2.05) is 12.4 Å². The van der Waals surface area contributed by atoms with Gasteiger partial charge in [-0.15, -0.1) is 0 Å². The predicted octanol–water partition coefficient (Wildman–Crippen LogP) is 2.75. The highest BCUT2D eigenvalue weighted by molar-refractivity contribution is 5.81. The summed E-state index contributed by atoms with van der Waals surface area (Å²) >= 11 is 0. The Labute approximate surface area is 114 Å². The lowest BCUT2D eigenvalue weighted by Crippen LogP contribution is -2.27. The third-order valence-corrected chi connectivity index (χ3v) is 3.81. The molecule has 0 aliphatic carbocycles. The fourth-order valence-corrected chi connectivity index (χ4v) is 2.61. The molecule has 1 fully saturated rings. The number of ether oxygens (including phenoxy) is 1. The van der Waals surface area contributed by atoms with Crippen LogP contribution in [0.4, 0.5) is 0 Å². The van der Waals surface area contributed by atoms with Crippen LogP contribution in [0.1, 0.15) is 18.4 Å². The van der Waals surface area contributed by atoms with Crippen LogP contribution in [0.5, 0.6) is 0 Å². The fraction of sp³-hybridized carbons (Fsp3) is 0.438. The van der Waals surface area contributed by atoms with E-state index >= 15 is 0 Å². The summed E-state index contributed by atoms with van der Waals surface area (Å²) in [6, 6.07) is 8.64. The quantitative estimate of drug-likeness (QED) is 0.913. The SMILES string of the molecule is c1cc2cc(CNCC3CCOCC3)ccc2cn1. The lowest BCUT2D eigenvalue weighted by molar-refractivity contribution is 0.0662. The summed E-state index contributed by atoms with van der Waals surface area (Å²) in [5.41, 5.74) is 1.34. The molecule has 3 rings (SSSR count). The minimum Gasteiger partial charge on any atom is -0.381 e. The Morgan fingerprint density at radius 2 is 2.05 bits per heavy atom. The van der Waals surface area contributed by atoms with Crippen molar-refractivity contribution in [3.05, 3.63) is 42.2 Å². The first-order chi connectivity index (χ1) is 9.42. The molecule has 3 heteroatoms. The van der Waals surface area contributed by atoms with Crippen molar-refractivity contribution < 1.29 is 4.74 Å². The van der Waals surface area contributed by atoms with Crippen LogP contribution in [-0.2, 0) is 11.3 Å². The summed E-state index contributed by atoms with van der Waals surface area (Å²) in [5, 5.41) is 6.03. The van der Waals surface area contributed by atoms with Crippen molar-refractivity contribution in [2.75, 3.05) is 19.8 Å². The van der Waals surface area contributed by atoms with Crippen LogP contribution in [0.3, 0.4) is 0 Å². The molecule has 1 aliphatic rings. The van der Waals surface area contributed by atoms with Gasteiger partial charge in [0.1, 0.15) is 0 Å². The van der Waals surface area contributed by atoms with Crippen molar-refractivity contribution in [1.29, 1.82) is 0 Å². The lowest BCUT2D eigenvalue weighted by Gasteiger charge is -2.22. The van der Waals surface area contributed by atoms with Gasteiger partial charge in [-0.1, -0.05) is 12.1 Å². The highest BCUT2D eigenvalue weighted by Gasteiger charge is 2.12. The molecular weight excluding hydrogens is 236 g/mol. The van der Waals surface area contributed by atoms with E-state index in [9.17, 15) is 0 Å². The average Bonchev–Trinajstić information content (AvgIpc) is 2.48. The molecule has 0 unspecified atom stereocenters. The van der Waals surface area contributed by atoms with E-state index in [-0.39, 0.29) is 0 Å². The van der Waals surface area contributed by atoms with Crippen molar-refractivity contribution in [1.82, 2.24) is 10.3 Å². The molecule has 1 aromatic heterocycles. The molecular formula is C16H20N2O. The molecule has 0 bridgehead atoms. The molecule has 1 aromatic carbocycles. The van der Waals surface area contributed by atoms with E-state index < -0.39 is 0 Å². The number of nitrogens with zero attached hydrogens (tertiary/aromatic N) is 1. The lowest BCUT2D eigenvalue weighted by atomic mass is 10.0. The molecule has 1 N–H and O–H groups in total. The van der Waals surface area contributed by atoms with Crippen molar-refractivity contribution in [2.24, 2.45) is 5.92 Å². The summed E-state index contributed by atoms with van der Waals surface area (Å²) in [7, 11) is 0. The zero-order chi connectivity index (χ0) is 12.9. The molecule has 0 saturated carbocycles. The normalized spacial score (nSPS) is 16.8. The fourth-order valence-electron chi connectivity index (χ4n) is 2.61. The van der Waals surface area contributed by atoms with Crippen LogP contribution in [-0.4, -0.2) is 24.7 Å². The van der Waals surface area contributed by atoms with Gasteiger partial charge in [-0.05, 0) is 48.4 Å².